The van der Waals surface area contributed by atoms with E-state index in [0.29, 0.717) is 11.4 Å². The van der Waals surface area contributed by atoms with Crippen molar-refractivity contribution in [3.05, 3.63) is 71.8 Å². The fourth-order valence-corrected chi connectivity index (χ4v) is 2.94. The van der Waals surface area contributed by atoms with Crippen LogP contribution < -0.4 is 10.5 Å². The molecule has 0 fully saturated rings. The molecule has 3 N–H and O–H groups in total. The topological polar surface area (TPSA) is 107 Å². The van der Waals surface area contributed by atoms with E-state index in [9.17, 15) is 17.6 Å². The van der Waals surface area contributed by atoms with Gasteiger partial charge in [-0.15, -0.1) is 0 Å². The van der Waals surface area contributed by atoms with Crippen molar-refractivity contribution in [2.45, 2.75) is 11.8 Å². The van der Waals surface area contributed by atoms with Crippen molar-refractivity contribution in [2.24, 2.45) is 5.14 Å². The molecule has 0 aliphatic rings. The molecule has 1 heterocycles. The molecule has 0 saturated carbocycles. The van der Waals surface area contributed by atoms with Crippen LogP contribution >= 0.6 is 0 Å². The second-order valence-electron chi connectivity index (χ2n) is 5.53. The van der Waals surface area contributed by atoms with E-state index >= 15 is 0 Å². The molecular weight excluding hydrogens is 359 g/mol. The minimum absolute atomic E-state index is 0.0564. The summed E-state index contributed by atoms with van der Waals surface area (Å²) in [5, 5.41) is 11.7. The van der Waals surface area contributed by atoms with Gasteiger partial charge in [0.25, 0.3) is 5.91 Å². The van der Waals surface area contributed by atoms with Crippen LogP contribution in [0.4, 0.5) is 10.1 Å². The highest BCUT2D eigenvalue weighted by Crippen LogP contribution is 2.19. The van der Waals surface area contributed by atoms with Crippen LogP contribution in [0.1, 0.15) is 16.1 Å². The Morgan fingerprint density at radius 2 is 1.81 bits per heavy atom. The number of amides is 1. The largest absolute Gasteiger partial charge is 0.322 e. The fraction of sp³-hybridized carbons (Fsp3) is 0.0588. The van der Waals surface area contributed by atoms with Crippen molar-refractivity contribution < 1.29 is 17.6 Å². The first-order valence-corrected chi connectivity index (χ1v) is 9.06. The van der Waals surface area contributed by atoms with Crippen LogP contribution in [0.25, 0.3) is 5.69 Å². The summed E-state index contributed by atoms with van der Waals surface area (Å²) in [6, 6.07) is 11.5. The van der Waals surface area contributed by atoms with Crippen LogP contribution in [-0.4, -0.2) is 24.1 Å². The lowest BCUT2D eigenvalue weighted by molar-refractivity contribution is 0.102. The Morgan fingerprint density at radius 1 is 1.15 bits per heavy atom. The average molecular weight is 374 g/mol. The molecule has 3 rings (SSSR count). The van der Waals surface area contributed by atoms with E-state index in [1.165, 1.54) is 41.2 Å². The van der Waals surface area contributed by atoms with Crippen molar-refractivity contribution in [3.8, 4) is 5.69 Å². The first-order chi connectivity index (χ1) is 12.3. The van der Waals surface area contributed by atoms with Crippen LogP contribution in [0.2, 0.25) is 0 Å². The molecule has 1 aromatic heterocycles. The predicted octanol–water partition coefficient (Wildman–Crippen LogP) is 2.22. The number of nitrogens with zero attached hydrogens (tertiary/aromatic N) is 2. The van der Waals surface area contributed by atoms with Crippen molar-refractivity contribution in [2.75, 3.05) is 5.32 Å². The van der Waals surface area contributed by atoms with Gasteiger partial charge in [-0.2, -0.15) is 5.10 Å². The number of sulfonamides is 1. The van der Waals surface area contributed by atoms with Crippen molar-refractivity contribution in [1.29, 1.82) is 0 Å². The summed E-state index contributed by atoms with van der Waals surface area (Å²) in [7, 11) is -3.80. The van der Waals surface area contributed by atoms with Gasteiger partial charge in [0.1, 0.15) is 11.5 Å². The number of rotatable bonds is 4. The smallest absolute Gasteiger partial charge is 0.259 e. The van der Waals surface area contributed by atoms with Crippen LogP contribution in [0, 0.1) is 12.7 Å². The molecule has 0 aliphatic heterocycles. The van der Waals surface area contributed by atoms with E-state index < -0.39 is 21.7 Å². The number of primary sulfonamides is 1. The monoisotopic (exact) mass is 374 g/mol. The molecule has 26 heavy (non-hydrogen) atoms. The van der Waals surface area contributed by atoms with Gasteiger partial charge in [0.15, 0.2) is 0 Å². The third-order valence-electron chi connectivity index (χ3n) is 3.78. The molecule has 1 amide bonds. The number of carbonyl (C=O) groups is 1. The first-order valence-electron chi connectivity index (χ1n) is 7.51. The van der Waals surface area contributed by atoms with E-state index in [0.717, 1.165) is 0 Å². The lowest BCUT2D eigenvalue weighted by Gasteiger charge is -2.08. The first kappa shape index (κ1) is 17.8. The Hall–Kier alpha value is -3.04. The average Bonchev–Trinajstić information content (AvgIpc) is 2.96. The number of nitrogens with one attached hydrogen (secondary N) is 1. The zero-order valence-corrected chi connectivity index (χ0v) is 14.5. The van der Waals surface area contributed by atoms with Crippen molar-refractivity contribution in [3.63, 3.8) is 0 Å². The van der Waals surface area contributed by atoms with Crippen molar-refractivity contribution >= 4 is 21.6 Å². The molecular formula is C17H15FN4O3S. The van der Waals surface area contributed by atoms with E-state index in [1.807, 2.05) is 0 Å². The summed E-state index contributed by atoms with van der Waals surface area (Å²) >= 11 is 0. The minimum Gasteiger partial charge on any atom is -0.322 e. The number of hydrogen-bond acceptors (Lipinski definition) is 4. The molecule has 9 heteroatoms. The highest BCUT2D eigenvalue weighted by molar-refractivity contribution is 7.89. The van der Waals surface area contributed by atoms with Gasteiger partial charge in [0, 0.05) is 5.69 Å². The number of aromatic nitrogens is 2. The number of anilines is 1. The van der Waals surface area contributed by atoms with Gasteiger partial charge in [-0.05, 0) is 43.3 Å². The van der Waals surface area contributed by atoms with Gasteiger partial charge < -0.3 is 5.32 Å². The van der Waals surface area contributed by atoms with Gasteiger partial charge >= 0.3 is 0 Å². The Bertz CT molecular complexity index is 1080. The van der Waals surface area contributed by atoms with Crippen LogP contribution in [0.5, 0.6) is 0 Å². The van der Waals surface area contributed by atoms with Gasteiger partial charge in [0.2, 0.25) is 10.0 Å². The third-order valence-corrected chi connectivity index (χ3v) is 4.71. The highest BCUT2D eigenvalue weighted by atomic mass is 32.2. The molecule has 7 nitrogen and oxygen atoms in total. The Morgan fingerprint density at radius 3 is 2.42 bits per heavy atom. The van der Waals surface area contributed by atoms with E-state index in [-0.39, 0.29) is 16.1 Å². The molecule has 0 radical (unpaired) electrons. The number of para-hydroxylation sites is 1. The number of carbonyl (C=O) groups excluding carboxylic acids is 1. The summed E-state index contributed by atoms with van der Waals surface area (Å²) in [4.78, 5) is 12.4. The number of halogens is 1. The number of hydrogen-bond donors (Lipinski definition) is 2. The van der Waals surface area contributed by atoms with Gasteiger partial charge in [-0.1, -0.05) is 12.1 Å². The molecule has 0 saturated heterocycles. The van der Waals surface area contributed by atoms with Gasteiger partial charge in [0.05, 0.1) is 22.3 Å². The maximum Gasteiger partial charge on any atom is 0.259 e. The number of benzene rings is 2. The lowest BCUT2D eigenvalue weighted by Crippen LogP contribution is -2.14. The van der Waals surface area contributed by atoms with Gasteiger partial charge in [-0.3, -0.25) is 4.79 Å². The second kappa shape index (κ2) is 6.70. The quantitative estimate of drug-likeness (QED) is 0.730. The molecule has 0 spiro atoms. The summed E-state index contributed by atoms with van der Waals surface area (Å²) in [5.41, 5.74) is 1.36. The van der Waals surface area contributed by atoms with Crippen LogP contribution in [0.3, 0.4) is 0 Å². The highest BCUT2D eigenvalue weighted by Gasteiger charge is 2.17. The molecule has 0 atom stereocenters. The molecule has 3 aromatic rings. The number of nitrogens with two attached hydrogens (primary N) is 1. The van der Waals surface area contributed by atoms with Gasteiger partial charge in [-0.25, -0.2) is 22.6 Å². The lowest BCUT2D eigenvalue weighted by atomic mass is 10.2. The standard InChI is InChI=1S/C17H15FN4O3S/c1-11-14(10-20-22(11)16-5-3-2-4-15(16)18)17(23)21-12-6-8-13(9-7-12)26(19,24)25/h2-10H,1H3,(H,21,23)(H2,19,24,25). The Labute approximate surface area is 149 Å². The third kappa shape index (κ3) is 3.48. The summed E-state index contributed by atoms with van der Waals surface area (Å²) in [6.45, 7) is 1.65. The van der Waals surface area contributed by atoms with Crippen LogP contribution in [-0.2, 0) is 10.0 Å². The summed E-state index contributed by atoms with van der Waals surface area (Å²) in [5.74, 6) is -0.905. The molecule has 134 valence electrons. The Balaban J connectivity index is 1.84. The minimum atomic E-state index is -3.80. The zero-order valence-electron chi connectivity index (χ0n) is 13.7. The maximum atomic E-state index is 13.9. The molecule has 2 aromatic carbocycles. The SMILES string of the molecule is Cc1c(C(=O)Nc2ccc(S(N)(=O)=O)cc2)cnn1-c1ccccc1F. The summed E-state index contributed by atoms with van der Waals surface area (Å²) in [6.07, 6.45) is 1.34. The molecule has 0 aliphatic carbocycles. The van der Waals surface area contributed by atoms with E-state index in [4.69, 9.17) is 5.14 Å². The van der Waals surface area contributed by atoms with E-state index in [2.05, 4.69) is 10.4 Å². The predicted molar refractivity (Wildman–Crippen MR) is 94.0 cm³/mol. The maximum absolute atomic E-state index is 13.9. The second-order valence-corrected chi connectivity index (χ2v) is 7.09. The van der Waals surface area contributed by atoms with Crippen LogP contribution in [0.15, 0.2) is 59.6 Å². The van der Waals surface area contributed by atoms with Crippen molar-refractivity contribution in [1.82, 2.24) is 9.78 Å². The Kier molecular flexibility index (Phi) is 4.58. The molecule has 0 unspecified atom stereocenters. The van der Waals surface area contributed by atoms with E-state index in [1.54, 1.807) is 25.1 Å². The fourth-order valence-electron chi connectivity index (χ4n) is 2.43. The molecule has 0 bridgehead atoms. The normalized spacial score (nSPS) is 11.3. The zero-order chi connectivity index (χ0) is 18.9. The summed E-state index contributed by atoms with van der Waals surface area (Å²) < 4.78 is 37.8.